The minimum atomic E-state index is -0.501. The summed E-state index contributed by atoms with van der Waals surface area (Å²) in [6.45, 7) is 1.42. The van der Waals surface area contributed by atoms with E-state index in [1.165, 1.54) is 19.1 Å². The molecule has 0 aliphatic carbocycles. The van der Waals surface area contributed by atoms with Crippen molar-refractivity contribution in [2.75, 3.05) is 19.0 Å². The summed E-state index contributed by atoms with van der Waals surface area (Å²) in [6, 6.07) is 2.64. The number of halogens is 2. The Morgan fingerprint density at radius 2 is 1.50 bits per heavy atom. The second-order valence-corrected chi connectivity index (χ2v) is 2.93. The van der Waals surface area contributed by atoms with Crippen molar-refractivity contribution in [2.24, 2.45) is 0 Å². The van der Waals surface area contributed by atoms with Crippen LogP contribution in [0.4, 0.5) is 14.5 Å². The van der Waals surface area contributed by atoms with E-state index in [0.29, 0.717) is 5.69 Å². The first-order valence-corrected chi connectivity index (χ1v) is 3.65. The van der Waals surface area contributed by atoms with Gasteiger partial charge in [0.25, 0.3) is 0 Å². The highest BCUT2D eigenvalue weighted by Gasteiger charge is 2.06. The summed E-state index contributed by atoms with van der Waals surface area (Å²) < 4.78 is 25.9. The highest BCUT2D eigenvalue weighted by Crippen LogP contribution is 2.19. The number of rotatable bonds is 1. The molecule has 0 spiro atoms. The van der Waals surface area contributed by atoms with Crippen LogP contribution in [0.5, 0.6) is 0 Å². The predicted molar refractivity (Wildman–Crippen MR) is 45.4 cm³/mol. The molecule has 0 fully saturated rings. The standard InChI is InChI=1S/C9H11F2N/c1-6-8(10)4-7(12(2)3)5-9(6)11/h4-5H,1-3H3. The van der Waals surface area contributed by atoms with Gasteiger partial charge in [0.15, 0.2) is 0 Å². The van der Waals surface area contributed by atoms with Crippen LogP contribution in [0.1, 0.15) is 5.56 Å². The maximum absolute atomic E-state index is 12.9. The third kappa shape index (κ3) is 1.55. The zero-order chi connectivity index (χ0) is 9.30. The molecule has 66 valence electrons. The summed E-state index contributed by atoms with van der Waals surface area (Å²) in [5.41, 5.74) is 0.608. The highest BCUT2D eigenvalue weighted by molar-refractivity contribution is 5.47. The summed E-state index contributed by atoms with van der Waals surface area (Å²) in [6.07, 6.45) is 0. The minimum absolute atomic E-state index is 0.0700. The van der Waals surface area contributed by atoms with Gasteiger partial charge in [-0.3, -0.25) is 0 Å². The van der Waals surface area contributed by atoms with E-state index < -0.39 is 11.6 Å². The first-order valence-electron chi connectivity index (χ1n) is 3.65. The smallest absolute Gasteiger partial charge is 0.131 e. The SMILES string of the molecule is Cc1c(F)cc(N(C)C)cc1F. The Hall–Kier alpha value is -1.12. The van der Waals surface area contributed by atoms with Gasteiger partial charge in [0, 0.05) is 25.3 Å². The van der Waals surface area contributed by atoms with Gasteiger partial charge in [0.1, 0.15) is 11.6 Å². The lowest BCUT2D eigenvalue weighted by atomic mass is 10.2. The molecule has 0 aliphatic rings. The second kappa shape index (κ2) is 3.09. The van der Waals surface area contributed by atoms with Gasteiger partial charge in [-0.25, -0.2) is 8.78 Å². The molecule has 0 aliphatic heterocycles. The van der Waals surface area contributed by atoms with Crippen LogP contribution >= 0.6 is 0 Å². The number of nitrogens with zero attached hydrogens (tertiary/aromatic N) is 1. The molecule has 12 heavy (non-hydrogen) atoms. The van der Waals surface area contributed by atoms with Crippen molar-refractivity contribution in [1.29, 1.82) is 0 Å². The largest absolute Gasteiger partial charge is 0.377 e. The van der Waals surface area contributed by atoms with E-state index in [2.05, 4.69) is 0 Å². The number of hydrogen-bond acceptors (Lipinski definition) is 1. The molecule has 3 heteroatoms. The third-order valence-corrected chi connectivity index (χ3v) is 1.78. The molecule has 1 rings (SSSR count). The molecule has 1 nitrogen and oxygen atoms in total. The van der Waals surface area contributed by atoms with Crippen molar-refractivity contribution in [1.82, 2.24) is 0 Å². The molecule has 0 saturated carbocycles. The first-order chi connectivity index (χ1) is 5.52. The van der Waals surface area contributed by atoms with Crippen molar-refractivity contribution in [2.45, 2.75) is 6.92 Å². The lowest BCUT2D eigenvalue weighted by molar-refractivity contribution is 0.568. The predicted octanol–water partition coefficient (Wildman–Crippen LogP) is 2.34. The van der Waals surface area contributed by atoms with Crippen LogP contribution in [0, 0.1) is 18.6 Å². The maximum Gasteiger partial charge on any atom is 0.131 e. The van der Waals surface area contributed by atoms with E-state index in [0.717, 1.165) is 0 Å². The summed E-state index contributed by atoms with van der Waals surface area (Å²) in [4.78, 5) is 1.66. The zero-order valence-corrected chi connectivity index (χ0v) is 7.36. The van der Waals surface area contributed by atoms with Crippen molar-refractivity contribution in [3.63, 3.8) is 0 Å². The van der Waals surface area contributed by atoms with Gasteiger partial charge in [0.05, 0.1) is 0 Å². The van der Waals surface area contributed by atoms with Gasteiger partial charge in [-0.05, 0) is 19.1 Å². The third-order valence-electron chi connectivity index (χ3n) is 1.78. The first kappa shape index (κ1) is 8.97. The average Bonchev–Trinajstić information content (AvgIpc) is 1.99. The molecular weight excluding hydrogens is 160 g/mol. The normalized spacial score (nSPS) is 10.1. The molecule has 0 N–H and O–H groups in total. The summed E-state index contributed by atoms with van der Waals surface area (Å²) >= 11 is 0. The molecular formula is C9H11F2N. The Morgan fingerprint density at radius 1 is 1.08 bits per heavy atom. The lowest BCUT2D eigenvalue weighted by Gasteiger charge is -2.13. The fourth-order valence-electron chi connectivity index (χ4n) is 0.890. The van der Waals surface area contributed by atoms with Crippen LogP contribution in [-0.2, 0) is 0 Å². The zero-order valence-electron chi connectivity index (χ0n) is 7.36. The Kier molecular flexibility index (Phi) is 2.31. The van der Waals surface area contributed by atoms with E-state index in [-0.39, 0.29) is 5.56 Å². The van der Waals surface area contributed by atoms with Crippen molar-refractivity contribution in [3.8, 4) is 0 Å². The van der Waals surface area contributed by atoms with Crippen LogP contribution in [0.2, 0.25) is 0 Å². The Labute approximate surface area is 70.6 Å². The molecule has 1 aromatic carbocycles. The van der Waals surface area contributed by atoms with Crippen molar-refractivity contribution in [3.05, 3.63) is 29.3 Å². The monoisotopic (exact) mass is 171 g/mol. The Balaban J connectivity index is 3.21. The molecule has 0 radical (unpaired) electrons. The summed E-state index contributed by atoms with van der Waals surface area (Å²) in [5.74, 6) is -1.00. The van der Waals surface area contributed by atoms with Gasteiger partial charge < -0.3 is 4.90 Å². The topological polar surface area (TPSA) is 3.24 Å². The second-order valence-electron chi connectivity index (χ2n) is 2.93. The van der Waals surface area contributed by atoms with Crippen LogP contribution in [0.3, 0.4) is 0 Å². The van der Waals surface area contributed by atoms with Crippen LogP contribution in [0.25, 0.3) is 0 Å². The number of hydrogen-bond donors (Lipinski definition) is 0. The molecule has 0 amide bonds. The molecule has 0 heterocycles. The quantitative estimate of drug-likeness (QED) is 0.626. The molecule has 0 bridgehead atoms. The Morgan fingerprint density at radius 3 is 1.83 bits per heavy atom. The summed E-state index contributed by atoms with van der Waals surface area (Å²) in [5, 5.41) is 0. The van der Waals surface area contributed by atoms with Crippen LogP contribution in [0.15, 0.2) is 12.1 Å². The molecule has 0 saturated heterocycles. The van der Waals surface area contributed by atoms with Gasteiger partial charge in [-0.1, -0.05) is 0 Å². The van der Waals surface area contributed by atoms with E-state index >= 15 is 0 Å². The molecule has 0 unspecified atom stereocenters. The van der Waals surface area contributed by atoms with E-state index in [1.807, 2.05) is 0 Å². The van der Waals surface area contributed by atoms with Gasteiger partial charge in [-0.2, -0.15) is 0 Å². The van der Waals surface area contributed by atoms with Gasteiger partial charge in [0.2, 0.25) is 0 Å². The van der Waals surface area contributed by atoms with E-state index in [9.17, 15) is 8.78 Å². The number of anilines is 1. The number of benzene rings is 1. The van der Waals surface area contributed by atoms with E-state index in [4.69, 9.17) is 0 Å². The maximum atomic E-state index is 12.9. The van der Waals surface area contributed by atoms with Crippen LogP contribution < -0.4 is 4.90 Å². The highest BCUT2D eigenvalue weighted by atomic mass is 19.1. The molecule has 0 atom stereocenters. The Bertz CT molecular complexity index is 272. The van der Waals surface area contributed by atoms with Crippen molar-refractivity contribution < 1.29 is 8.78 Å². The molecule has 0 aromatic heterocycles. The van der Waals surface area contributed by atoms with Gasteiger partial charge in [-0.15, -0.1) is 0 Å². The molecule has 1 aromatic rings. The lowest BCUT2D eigenvalue weighted by Crippen LogP contribution is -2.09. The minimum Gasteiger partial charge on any atom is -0.377 e. The fourth-order valence-corrected chi connectivity index (χ4v) is 0.890. The van der Waals surface area contributed by atoms with Crippen LogP contribution in [-0.4, -0.2) is 14.1 Å². The summed E-state index contributed by atoms with van der Waals surface area (Å²) in [7, 11) is 3.48. The average molecular weight is 171 g/mol. The fraction of sp³-hybridized carbons (Fsp3) is 0.333. The van der Waals surface area contributed by atoms with E-state index in [1.54, 1.807) is 19.0 Å². The van der Waals surface area contributed by atoms with Crippen molar-refractivity contribution >= 4 is 5.69 Å². The van der Waals surface area contributed by atoms with Gasteiger partial charge >= 0.3 is 0 Å².